The highest BCUT2D eigenvalue weighted by Crippen LogP contribution is 2.35. The van der Waals surface area contributed by atoms with E-state index in [1.807, 2.05) is 24.4 Å². The zero-order chi connectivity index (χ0) is 12.6. The van der Waals surface area contributed by atoms with E-state index in [1.165, 1.54) is 0 Å². The minimum Gasteiger partial charge on any atom is -0.346 e. The number of nitriles is 1. The number of rotatable bonds is 1. The van der Waals surface area contributed by atoms with Gasteiger partial charge in [0.05, 0.1) is 23.5 Å². The van der Waals surface area contributed by atoms with Crippen molar-refractivity contribution in [1.82, 2.24) is 0 Å². The molecule has 2 heterocycles. The second-order valence-electron chi connectivity index (χ2n) is 4.47. The molecule has 0 aliphatic carbocycles. The van der Waals surface area contributed by atoms with Crippen LogP contribution in [0.4, 0.5) is 0 Å². The fourth-order valence-corrected chi connectivity index (χ4v) is 3.07. The van der Waals surface area contributed by atoms with Crippen molar-refractivity contribution in [3.05, 3.63) is 34.7 Å². The summed E-state index contributed by atoms with van der Waals surface area (Å²) in [6, 6.07) is 8.21. The molecule has 1 aromatic heterocycles. The Morgan fingerprint density at radius 1 is 1.33 bits per heavy atom. The Balaban J connectivity index is 2.14. The maximum Gasteiger partial charge on any atom is 0.191 e. The molecule has 3 rings (SSSR count). The topological polar surface area (TPSA) is 42.2 Å². The Morgan fingerprint density at radius 2 is 2.11 bits per heavy atom. The van der Waals surface area contributed by atoms with Crippen LogP contribution in [0.25, 0.3) is 10.1 Å². The van der Waals surface area contributed by atoms with Crippen molar-refractivity contribution in [3.63, 3.8) is 0 Å². The molecule has 0 N–H and O–H groups in total. The average molecular weight is 259 g/mol. The Labute approximate surface area is 110 Å². The van der Waals surface area contributed by atoms with Crippen LogP contribution < -0.4 is 0 Å². The van der Waals surface area contributed by atoms with Gasteiger partial charge in [0.15, 0.2) is 5.79 Å². The van der Waals surface area contributed by atoms with E-state index in [0.29, 0.717) is 18.8 Å². The fraction of sp³-hybridized carbons (Fsp3) is 0.357. The van der Waals surface area contributed by atoms with Crippen molar-refractivity contribution in [2.75, 3.05) is 13.2 Å². The average Bonchev–Trinajstić information content (AvgIpc) is 2.86. The third-order valence-corrected chi connectivity index (χ3v) is 4.20. The maximum absolute atomic E-state index is 9.24. The molecule has 18 heavy (non-hydrogen) atoms. The predicted octanol–water partition coefficient (Wildman–Crippen LogP) is 3.38. The molecular formula is C14H13NO2S. The van der Waals surface area contributed by atoms with E-state index in [-0.39, 0.29) is 0 Å². The summed E-state index contributed by atoms with van der Waals surface area (Å²) in [7, 11) is 0. The van der Waals surface area contributed by atoms with Gasteiger partial charge in [-0.05, 0) is 42.3 Å². The van der Waals surface area contributed by atoms with Crippen LogP contribution in [0, 0.1) is 11.3 Å². The predicted molar refractivity (Wildman–Crippen MR) is 70.4 cm³/mol. The lowest BCUT2D eigenvalue weighted by Gasteiger charge is -2.34. The molecule has 1 saturated heterocycles. The van der Waals surface area contributed by atoms with E-state index < -0.39 is 5.79 Å². The number of ether oxygens (including phenoxy) is 2. The van der Waals surface area contributed by atoms with E-state index in [4.69, 9.17) is 9.47 Å². The zero-order valence-electron chi connectivity index (χ0n) is 10.1. The van der Waals surface area contributed by atoms with Crippen LogP contribution in [-0.2, 0) is 15.3 Å². The van der Waals surface area contributed by atoms with Gasteiger partial charge < -0.3 is 9.47 Å². The molecule has 92 valence electrons. The van der Waals surface area contributed by atoms with Crippen molar-refractivity contribution in [2.45, 2.75) is 19.1 Å². The van der Waals surface area contributed by atoms with Gasteiger partial charge >= 0.3 is 0 Å². The van der Waals surface area contributed by atoms with Gasteiger partial charge in [-0.25, -0.2) is 0 Å². The van der Waals surface area contributed by atoms with Crippen molar-refractivity contribution < 1.29 is 9.47 Å². The van der Waals surface area contributed by atoms with Crippen LogP contribution >= 0.6 is 11.3 Å². The highest BCUT2D eigenvalue weighted by atomic mass is 32.1. The van der Waals surface area contributed by atoms with E-state index in [2.05, 4.69) is 12.1 Å². The van der Waals surface area contributed by atoms with Crippen molar-refractivity contribution in [3.8, 4) is 6.07 Å². The number of thiophene rings is 1. The molecule has 2 aromatic rings. The van der Waals surface area contributed by atoms with Crippen LogP contribution in [0.2, 0.25) is 0 Å². The van der Waals surface area contributed by atoms with E-state index in [1.54, 1.807) is 11.3 Å². The van der Waals surface area contributed by atoms with Crippen LogP contribution in [-0.4, -0.2) is 13.2 Å². The summed E-state index contributed by atoms with van der Waals surface area (Å²) in [4.78, 5) is 0. The summed E-state index contributed by atoms with van der Waals surface area (Å²) >= 11 is 1.59. The summed E-state index contributed by atoms with van der Waals surface area (Å²) in [6.07, 6.45) is 0.918. The van der Waals surface area contributed by atoms with Gasteiger partial charge in [-0.2, -0.15) is 5.26 Å². The third-order valence-electron chi connectivity index (χ3n) is 3.24. The van der Waals surface area contributed by atoms with E-state index in [0.717, 1.165) is 22.1 Å². The Morgan fingerprint density at radius 3 is 2.83 bits per heavy atom. The first kappa shape index (κ1) is 11.7. The molecule has 0 amide bonds. The van der Waals surface area contributed by atoms with Crippen LogP contribution in [0.15, 0.2) is 23.6 Å². The molecule has 1 aliphatic heterocycles. The smallest absolute Gasteiger partial charge is 0.191 e. The van der Waals surface area contributed by atoms with E-state index >= 15 is 0 Å². The van der Waals surface area contributed by atoms with E-state index in [9.17, 15) is 5.26 Å². The van der Waals surface area contributed by atoms with Gasteiger partial charge in [0.25, 0.3) is 0 Å². The van der Waals surface area contributed by atoms with Crippen LogP contribution in [0.5, 0.6) is 0 Å². The molecule has 0 unspecified atom stereocenters. The summed E-state index contributed by atoms with van der Waals surface area (Å²) in [6.45, 7) is 3.31. The minimum absolute atomic E-state index is 0.691. The molecule has 3 nitrogen and oxygen atoms in total. The zero-order valence-corrected chi connectivity index (χ0v) is 10.9. The van der Waals surface area contributed by atoms with Gasteiger partial charge in [0.1, 0.15) is 6.07 Å². The van der Waals surface area contributed by atoms with Gasteiger partial charge in [-0.15, -0.1) is 11.3 Å². The molecule has 0 bridgehead atoms. The van der Waals surface area contributed by atoms with Crippen molar-refractivity contribution >= 4 is 21.4 Å². The molecule has 0 atom stereocenters. The van der Waals surface area contributed by atoms with Crippen LogP contribution in [0.1, 0.15) is 24.5 Å². The second-order valence-corrected chi connectivity index (χ2v) is 5.39. The highest BCUT2D eigenvalue weighted by Gasteiger charge is 2.32. The molecule has 1 fully saturated rings. The number of nitrogens with zero attached hydrogens (tertiary/aromatic N) is 1. The molecular weight excluding hydrogens is 246 g/mol. The lowest BCUT2D eigenvalue weighted by atomic mass is 10.0. The maximum atomic E-state index is 9.24. The minimum atomic E-state index is -0.722. The van der Waals surface area contributed by atoms with Gasteiger partial charge in [-0.3, -0.25) is 0 Å². The first-order valence-electron chi connectivity index (χ1n) is 5.93. The number of hydrogen-bond donors (Lipinski definition) is 0. The standard InChI is InChI=1S/C14H13NO2S/c1-14(16-4-2-5-17-14)12-7-10-3-6-18-13(10)11(8-12)9-15/h3,6-8H,2,4-5H2,1H3. The summed E-state index contributed by atoms with van der Waals surface area (Å²) in [5.41, 5.74) is 1.61. The summed E-state index contributed by atoms with van der Waals surface area (Å²) < 4.78 is 12.5. The Bertz CT molecular complexity index is 620. The quantitative estimate of drug-likeness (QED) is 0.788. The monoisotopic (exact) mass is 259 g/mol. The second kappa shape index (κ2) is 4.36. The molecule has 0 radical (unpaired) electrons. The normalized spacial score (nSPS) is 18.7. The Hall–Kier alpha value is -1.41. The third kappa shape index (κ3) is 1.81. The van der Waals surface area contributed by atoms with Crippen molar-refractivity contribution in [1.29, 1.82) is 5.26 Å². The number of benzene rings is 1. The highest BCUT2D eigenvalue weighted by molar-refractivity contribution is 7.17. The number of hydrogen-bond acceptors (Lipinski definition) is 4. The van der Waals surface area contributed by atoms with Gasteiger partial charge in [0, 0.05) is 5.56 Å². The SMILES string of the molecule is CC1(c2cc(C#N)c3sccc3c2)OCCCO1. The molecule has 1 aliphatic rings. The van der Waals surface area contributed by atoms with Crippen molar-refractivity contribution in [2.24, 2.45) is 0 Å². The lowest BCUT2D eigenvalue weighted by Crippen LogP contribution is -2.34. The summed E-state index contributed by atoms with van der Waals surface area (Å²) in [5.74, 6) is -0.722. The summed E-state index contributed by atoms with van der Waals surface area (Å²) in [5, 5.41) is 12.3. The fourth-order valence-electron chi connectivity index (χ4n) is 2.23. The molecule has 0 saturated carbocycles. The number of fused-ring (bicyclic) bond motifs is 1. The first-order chi connectivity index (χ1) is 8.73. The first-order valence-corrected chi connectivity index (χ1v) is 6.81. The molecule has 4 heteroatoms. The molecule has 0 spiro atoms. The van der Waals surface area contributed by atoms with Gasteiger partial charge in [0.2, 0.25) is 0 Å². The Kier molecular flexibility index (Phi) is 2.83. The van der Waals surface area contributed by atoms with Crippen LogP contribution in [0.3, 0.4) is 0 Å². The lowest BCUT2D eigenvalue weighted by molar-refractivity contribution is -0.264. The van der Waals surface area contributed by atoms with Gasteiger partial charge in [-0.1, -0.05) is 0 Å². The molecule has 1 aromatic carbocycles. The largest absolute Gasteiger partial charge is 0.346 e.